The van der Waals surface area contributed by atoms with E-state index in [4.69, 9.17) is 45.8 Å². The Balaban J connectivity index is 0.000000202. The van der Waals surface area contributed by atoms with Crippen molar-refractivity contribution in [1.82, 2.24) is 0 Å². The fourth-order valence-corrected chi connectivity index (χ4v) is 8.65. The molecule has 55 heavy (non-hydrogen) atoms. The lowest BCUT2D eigenvalue weighted by atomic mass is 9.95. The van der Waals surface area contributed by atoms with E-state index in [9.17, 15) is 19.2 Å². The minimum Gasteiger partial charge on any atom is -0.497 e. The predicted molar refractivity (Wildman–Crippen MR) is 215 cm³/mol. The van der Waals surface area contributed by atoms with Crippen LogP contribution in [-0.2, 0) is 35.2 Å². The van der Waals surface area contributed by atoms with Crippen LogP contribution in [0.1, 0.15) is 102 Å². The molecule has 0 fully saturated rings. The molecule has 2 aliphatic rings. The molecule has 0 saturated carbocycles. The van der Waals surface area contributed by atoms with E-state index in [0.29, 0.717) is 68.5 Å². The van der Waals surface area contributed by atoms with Crippen molar-refractivity contribution < 1.29 is 47.6 Å². The summed E-state index contributed by atoms with van der Waals surface area (Å²) < 4.78 is 30.6. The molecule has 2 aromatic carbocycles. The maximum absolute atomic E-state index is 12.8. The number of nitrogen functional groups attached to an aromatic ring is 1. The molecule has 0 aliphatic heterocycles. The van der Waals surface area contributed by atoms with Gasteiger partial charge in [-0.3, -0.25) is 9.59 Å². The average molecular weight is 815 g/mol. The van der Waals surface area contributed by atoms with Crippen molar-refractivity contribution in [3.63, 3.8) is 0 Å². The number of hydrogen-bond donors (Lipinski definition) is 2. The number of carbonyl (C=O) groups excluding carboxylic acids is 4. The van der Waals surface area contributed by atoms with Crippen LogP contribution >= 0.6 is 34.3 Å². The maximum atomic E-state index is 12.8. The lowest BCUT2D eigenvalue weighted by Gasteiger charge is -2.12. The van der Waals surface area contributed by atoms with E-state index in [2.05, 4.69) is 5.32 Å². The van der Waals surface area contributed by atoms with Crippen LogP contribution in [0.3, 0.4) is 0 Å². The summed E-state index contributed by atoms with van der Waals surface area (Å²) >= 11 is 8.32. The molecule has 2 aromatic heterocycles. The number of halogens is 1. The third kappa shape index (κ3) is 11.1. The standard InChI is InChI=1S/C20H23NO5S.C11H15NO2S.C9H9ClO3/c1-4-26-20(23)17-15-7-5-6-8-16(15)27-19(17)21-18(22)12-9-13(24-2)11-14(10-12)25-3;1-2-14-11(13)9-7-5-3-4-6-8(7)15-10(9)12;1-12-7-3-6(9(10)11)4-8(5-7)13-2/h9-11H,4-8H2,1-3H3,(H,21,22);2-6,12H2,1H3;3-5H,1-2H3. The van der Waals surface area contributed by atoms with Crippen LogP contribution in [0, 0.1) is 0 Å². The van der Waals surface area contributed by atoms with Crippen molar-refractivity contribution in [2.24, 2.45) is 0 Å². The van der Waals surface area contributed by atoms with E-state index in [-0.39, 0.29) is 17.8 Å². The number of hydrogen-bond acceptors (Lipinski definition) is 13. The summed E-state index contributed by atoms with van der Waals surface area (Å²) in [7, 11) is 6.08. The van der Waals surface area contributed by atoms with Crippen LogP contribution in [0.25, 0.3) is 0 Å². The van der Waals surface area contributed by atoms with E-state index in [1.165, 1.54) is 51.1 Å². The molecular formula is C40H47ClN2O10S2. The molecule has 0 radical (unpaired) electrons. The molecule has 296 valence electrons. The van der Waals surface area contributed by atoms with Crippen LogP contribution in [0.5, 0.6) is 23.0 Å². The van der Waals surface area contributed by atoms with E-state index in [1.54, 1.807) is 54.7 Å². The number of nitrogens with two attached hydrogens (primary N) is 1. The molecule has 1 amide bonds. The second kappa shape index (κ2) is 20.8. The normalized spacial score (nSPS) is 12.6. The van der Waals surface area contributed by atoms with Gasteiger partial charge in [0.05, 0.1) is 52.8 Å². The summed E-state index contributed by atoms with van der Waals surface area (Å²) in [4.78, 5) is 50.3. The molecular weight excluding hydrogens is 768 g/mol. The highest BCUT2D eigenvalue weighted by atomic mass is 35.5. The minimum atomic E-state index is -0.530. The van der Waals surface area contributed by atoms with Crippen LogP contribution in [0.15, 0.2) is 36.4 Å². The van der Waals surface area contributed by atoms with E-state index < -0.39 is 5.24 Å². The van der Waals surface area contributed by atoms with E-state index >= 15 is 0 Å². The van der Waals surface area contributed by atoms with Gasteiger partial charge in [-0.05, 0) is 112 Å². The summed E-state index contributed by atoms with van der Waals surface area (Å²) in [6.45, 7) is 4.29. The van der Waals surface area contributed by atoms with Crippen molar-refractivity contribution >= 4 is 67.4 Å². The molecule has 0 spiro atoms. The van der Waals surface area contributed by atoms with Crippen molar-refractivity contribution in [3.05, 3.63) is 79.5 Å². The first-order valence-corrected chi connectivity index (χ1v) is 19.8. The van der Waals surface area contributed by atoms with Gasteiger partial charge in [-0.1, -0.05) is 0 Å². The highest BCUT2D eigenvalue weighted by Crippen LogP contribution is 2.39. The zero-order chi connectivity index (χ0) is 40.1. The van der Waals surface area contributed by atoms with E-state index in [0.717, 1.165) is 60.9 Å². The second-order valence-corrected chi connectivity index (χ2v) is 14.8. The van der Waals surface area contributed by atoms with Crippen molar-refractivity contribution in [3.8, 4) is 23.0 Å². The molecule has 3 N–H and O–H groups in total. The number of thiophene rings is 2. The Morgan fingerprint density at radius 3 is 1.51 bits per heavy atom. The Labute approximate surface area is 334 Å². The zero-order valence-electron chi connectivity index (χ0n) is 31.9. The molecule has 15 heteroatoms. The molecule has 6 rings (SSSR count). The number of amides is 1. The number of benzene rings is 2. The highest BCUT2D eigenvalue weighted by molar-refractivity contribution is 7.17. The lowest BCUT2D eigenvalue weighted by Crippen LogP contribution is -2.16. The molecule has 2 heterocycles. The molecule has 12 nitrogen and oxygen atoms in total. The summed E-state index contributed by atoms with van der Waals surface area (Å²) in [5, 5.41) is 3.54. The zero-order valence-corrected chi connectivity index (χ0v) is 34.3. The Morgan fingerprint density at radius 2 is 1.05 bits per heavy atom. The summed E-state index contributed by atoms with van der Waals surface area (Å²) in [5.74, 6) is 1.18. The largest absolute Gasteiger partial charge is 0.497 e. The SMILES string of the molecule is CCOC(=O)c1c(N)sc2c1CCCC2.CCOC(=O)c1c(NC(=O)c2cc(OC)cc(OC)c2)sc2c1CCCC2.COc1cc(OC)cc(C(=O)Cl)c1. The third-order valence-electron chi connectivity index (χ3n) is 8.75. The number of aryl methyl sites for hydroxylation is 2. The number of anilines is 2. The van der Waals surface area contributed by atoms with Crippen LogP contribution in [-0.4, -0.2) is 64.7 Å². The first-order valence-electron chi connectivity index (χ1n) is 17.8. The predicted octanol–water partition coefficient (Wildman–Crippen LogP) is 8.54. The number of methoxy groups -OCH3 is 4. The van der Waals surface area contributed by atoms with Gasteiger partial charge in [-0.2, -0.15) is 0 Å². The van der Waals surface area contributed by atoms with Gasteiger partial charge >= 0.3 is 11.9 Å². The van der Waals surface area contributed by atoms with Gasteiger partial charge in [0, 0.05) is 33.0 Å². The Hall–Kier alpha value is -4.79. The smallest absolute Gasteiger partial charge is 0.341 e. The van der Waals surface area contributed by atoms with Crippen molar-refractivity contribution in [2.45, 2.75) is 65.2 Å². The number of fused-ring (bicyclic) bond motifs is 2. The van der Waals surface area contributed by atoms with E-state index in [1.807, 2.05) is 6.92 Å². The fraction of sp³-hybridized carbons (Fsp3) is 0.400. The van der Waals surface area contributed by atoms with Gasteiger partial charge in [0.1, 0.15) is 33.0 Å². The monoisotopic (exact) mass is 814 g/mol. The summed E-state index contributed by atoms with van der Waals surface area (Å²) in [5.41, 5.74) is 9.92. The molecule has 0 unspecified atom stereocenters. The first kappa shape index (κ1) is 42.9. The first-order chi connectivity index (χ1) is 26.5. The number of nitrogens with one attached hydrogen (secondary N) is 1. The number of carbonyl (C=O) groups is 4. The van der Waals surface area contributed by atoms with Crippen LogP contribution < -0.4 is 30.0 Å². The Kier molecular flexibility index (Phi) is 16.2. The Bertz CT molecular complexity index is 1950. The lowest BCUT2D eigenvalue weighted by molar-refractivity contribution is 0.0517. The molecule has 0 saturated heterocycles. The number of ether oxygens (including phenoxy) is 6. The van der Waals surface area contributed by atoms with Gasteiger partial charge in [0.2, 0.25) is 0 Å². The van der Waals surface area contributed by atoms with Crippen LogP contribution in [0.4, 0.5) is 10.0 Å². The third-order valence-corrected chi connectivity index (χ3v) is 11.3. The Morgan fingerprint density at radius 1 is 0.636 bits per heavy atom. The van der Waals surface area contributed by atoms with Gasteiger partial charge in [-0.15, -0.1) is 22.7 Å². The van der Waals surface area contributed by atoms with Crippen molar-refractivity contribution in [2.75, 3.05) is 52.7 Å². The fourth-order valence-electron chi connectivity index (χ4n) is 6.12. The topological polar surface area (TPSA) is 162 Å². The molecule has 4 aromatic rings. The minimum absolute atomic E-state index is 0.255. The maximum Gasteiger partial charge on any atom is 0.341 e. The highest BCUT2D eigenvalue weighted by Gasteiger charge is 2.28. The summed E-state index contributed by atoms with van der Waals surface area (Å²) in [6.07, 6.45) is 8.27. The number of esters is 2. The van der Waals surface area contributed by atoms with Gasteiger partial charge in [0.15, 0.2) is 0 Å². The quantitative estimate of drug-likeness (QED) is 0.110. The van der Waals surface area contributed by atoms with Crippen LogP contribution in [0.2, 0.25) is 0 Å². The molecule has 2 aliphatic carbocycles. The molecule has 0 bridgehead atoms. The van der Waals surface area contributed by atoms with Gasteiger partial charge < -0.3 is 39.5 Å². The summed E-state index contributed by atoms with van der Waals surface area (Å²) in [6, 6.07) is 9.74. The van der Waals surface area contributed by atoms with Gasteiger partial charge in [0.25, 0.3) is 11.1 Å². The number of rotatable bonds is 11. The average Bonchev–Trinajstić information content (AvgIpc) is 3.74. The van der Waals surface area contributed by atoms with Crippen molar-refractivity contribution in [1.29, 1.82) is 0 Å². The van der Waals surface area contributed by atoms with Gasteiger partial charge in [-0.25, -0.2) is 9.59 Å². The molecule has 0 atom stereocenters. The second-order valence-electron chi connectivity index (χ2n) is 12.2.